The van der Waals surface area contributed by atoms with Crippen LogP contribution in [0.25, 0.3) is 28.0 Å². The molecule has 46 heavy (non-hydrogen) atoms. The number of para-hydroxylation sites is 2. The molecule has 0 saturated heterocycles. The molecule has 0 unspecified atom stereocenters. The van der Waals surface area contributed by atoms with E-state index in [-0.39, 0.29) is 10.8 Å². The number of pyridine rings is 1. The van der Waals surface area contributed by atoms with E-state index in [0.29, 0.717) is 28.7 Å². The van der Waals surface area contributed by atoms with Crippen LogP contribution in [-0.2, 0) is 37.2 Å². The van der Waals surface area contributed by atoms with Crippen LogP contribution < -0.4 is 9.55 Å². The SMILES string of the molecule is [2H]C([2H])([2H])B1N(c2cc(C(C)(C)C)ccn2)c2[c-]c(Oc3[c-]c(-n4[c](=[Pt])n(C)c5ccccc54)cc(C(C)(C)C)c3)ccc2-c2ccnn21. The van der Waals surface area contributed by atoms with Crippen LogP contribution in [0, 0.1) is 15.9 Å². The summed E-state index contributed by atoms with van der Waals surface area (Å²) in [4.78, 5) is 6.41. The van der Waals surface area contributed by atoms with Gasteiger partial charge in [-0.25, -0.2) is 0 Å². The van der Waals surface area contributed by atoms with Crippen LogP contribution in [0.1, 0.15) is 56.8 Å². The van der Waals surface area contributed by atoms with Crippen molar-refractivity contribution in [2.45, 2.75) is 59.1 Å². The van der Waals surface area contributed by atoms with Gasteiger partial charge in [0.1, 0.15) is 0 Å². The number of hydrogen-bond donors (Lipinski definition) is 0. The third-order valence-electron chi connectivity index (χ3n) is 8.49. The van der Waals surface area contributed by atoms with Gasteiger partial charge in [-0.3, -0.25) is 0 Å². The van der Waals surface area contributed by atoms with Crippen LogP contribution in [0.5, 0.6) is 11.5 Å². The van der Waals surface area contributed by atoms with E-state index in [1.807, 2.05) is 48.5 Å². The summed E-state index contributed by atoms with van der Waals surface area (Å²) in [5.41, 5.74) is 6.82. The second kappa shape index (κ2) is 11.0. The quantitative estimate of drug-likeness (QED) is 0.133. The van der Waals surface area contributed by atoms with Gasteiger partial charge < -0.3 is 0 Å². The summed E-state index contributed by atoms with van der Waals surface area (Å²) < 4.78 is 39.5. The second-order valence-corrected chi connectivity index (χ2v) is 14.8. The van der Waals surface area contributed by atoms with Crippen molar-refractivity contribution >= 4 is 29.5 Å². The molecule has 0 fully saturated rings. The molecule has 236 valence electrons. The second-order valence-electron chi connectivity index (χ2n) is 13.7. The number of anilines is 2. The van der Waals surface area contributed by atoms with Crippen molar-refractivity contribution in [3.63, 3.8) is 0 Å². The minimum absolute atomic E-state index is 0.176. The standard InChI is InChI=1S/C37H37BN6O.Pt/c1-36(2,3)25-15-17-39-35(21-25)43-34-23-28(13-14-30(34)31-16-18-40-44(31)38(43)7)45-29-20-26(37(4,5)6)19-27(22-29)42-24-41(8)32-11-9-10-12-33(32)42;/h9-21H,1-8H3;/q-2;/i7D3;. The van der Waals surface area contributed by atoms with Crippen molar-refractivity contribution in [3.8, 4) is 28.4 Å². The molecule has 7 rings (SSSR count). The van der Waals surface area contributed by atoms with Crippen LogP contribution in [0.2, 0.25) is 6.75 Å². The van der Waals surface area contributed by atoms with Crippen LogP contribution in [-0.4, -0.2) is 30.8 Å². The molecule has 7 nitrogen and oxygen atoms in total. The Morgan fingerprint density at radius 1 is 0.848 bits per heavy atom. The minimum atomic E-state index is -2.45. The van der Waals surface area contributed by atoms with E-state index < -0.39 is 13.7 Å². The molecule has 3 aromatic carbocycles. The molecule has 0 saturated carbocycles. The normalized spacial score (nSPS) is 14.5. The number of nitrogens with zero attached hydrogens (tertiary/aromatic N) is 6. The molecule has 0 N–H and O–H groups in total. The predicted octanol–water partition coefficient (Wildman–Crippen LogP) is 8.41. The molecule has 3 aromatic heterocycles. The molecule has 0 bridgehead atoms. The Labute approximate surface area is 286 Å². The summed E-state index contributed by atoms with van der Waals surface area (Å²) in [6, 6.07) is 29.0. The Bertz CT molecular complexity index is 2290. The summed E-state index contributed by atoms with van der Waals surface area (Å²) in [7, 11) is 2.06. The molecule has 0 aliphatic carbocycles. The molecule has 1 aliphatic rings. The molecule has 0 atom stereocenters. The number of rotatable bonds is 4. The average Bonchev–Trinajstić information content (AvgIpc) is 3.61. The van der Waals surface area contributed by atoms with Crippen LogP contribution in [0.15, 0.2) is 79.1 Å². The van der Waals surface area contributed by atoms with E-state index in [9.17, 15) is 0 Å². The van der Waals surface area contributed by atoms with Gasteiger partial charge in [0, 0.05) is 16.5 Å². The Kier molecular flexibility index (Phi) is 6.45. The molecule has 0 amide bonds. The van der Waals surface area contributed by atoms with Gasteiger partial charge in [0.2, 0.25) is 0 Å². The zero-order valence-electron chi connectivity index (χ0n) is 30.0. The molecule has 0 radical (unpaired) electrons. The molecular weight excluding hydrogens is 750 g/mol. The first-order valence-electron chi connectivity index (χ1n) is 16.8. The van der Waals surface area contributed by atoms with Gasteiger partial charge in [0.15, 0.2) is 0 Å². The number of imidazole rings is 1. The Morgan fingerprint density at radius 2 is 1.61 bits per heavy atom. The number of fused-ring (bicyclic) bond motifs is 4. The minimum Gasteiger partial charge on any atom is -0.193 e. The fourth-order valence-electron chi connectivity index (χ4n) is 5.88. The first kappa shape index (κ1) is 27.0. The van der Waals surface area contributed by atoms with Crippen molar-refractivity contribution in [1.29, 1.82) is 0 Å². The Morgan fingerprint density at radius 3 is 2.35 bits per heavy atom. The van der Waals surface area contributed by atoms with Crippen LogP contribution >= 0.6 is 0 Å². The summed E-state index contributed by atoms with van der Waals surface area (Å²) in [5, 5.41) is 4.47. The zero-order valence-corrected chi connectivity index (χ0v) is 29.3. The van der Waals surface area contributed by atoms with Crippen molar-refractivity contribution in [1.82, 2.24) is 23.8 Å². The van der Waals surface area contributed by atoms with Crippen molar-refractivity contribution in [3.05, 3.63) is 106 Å². The van der Waals surface area contributed by atoms with E-state index >= 15 is 0 Å². The first-order valence-corrected chi connectivity index (χ1v) is 16.4. The number of benzene rings is 3. The van der Waals surface area contributed by atoms with Gasteiger partial charge in [0.25, 0.3) is 0 Å². The summed E-state index contributed by atoms with van der Waals surface area (Å²) in [6.45, 7) is 9.29. The smallest absolute Gasteiger partial charge is 0.193 e. The van der Waals surface area contributed by atoms with Crippen molar-refractivity contribution in [2.75, 3.05) is 4.81 Å². The Balaban J connectivity index is 1.39. The molecule has 9 heteroatoms. The maximum atomic E-state index is 8.64. The monoisotopic (exact) mass is 790 g/mol. The third kappa shape index (κ3) is 5.17. The first-order chi connectivity index (χ1) is 23.0. The molecule has 0 spiro atoms. The van der Waals surface area contributed by atoms with Gasteiger partial charge in [0.05, 0.1) is 0 Å². The Hall–Kier alpha value is -4.16. The topological polar surface area (TPSA) is 53.0 Å². The molecule has 6 aromatic rings. The number of aromatic nitrogens is 5. The van der Waals surface area contributed by atoms with E-state index in [2.05, 4.69) is 113 Å². The van der Waals surface area contributed by atoms with E-state index in [1.165, 1.54) is 0 Å². The number of aryl methyl sites for hydroxylation is 1. The molecular formula is C37H37BN6OPt-2. The fourth-order valence-corrected chi connectivity index (χ4v) is 6.70. The third-order valence-corrected chi connectivity index (χ3v) is 9.76. The zero-order chi connectivity index (χ0) is 35.0. The van der Waals surface area contributed by atoms with Gasteiger partial charge in [-0.2, -0.15) is 5.10 Å². The van der Waals surface area contributed by atoms with Gasteiger partial charge in [-0.1, -0.05) is 20.8 Å². The average molecular weight is 791 g/mol. The van der Waals surface area contributed by atoms with E-state index in [1.54, 1.807) is 21.8 Å². The van der Waals surface area contributed by atoms with Crippen LogP contribution in [0.3, 0.4) is 0 Å². The van der Waals surface area contributed by atoms with Gasteiger partial charge in [-0.05, 0) is 17.0 Å². The summed E-state index contributed by atoms with van der Waals surface area (Å²) in [6.07, 6.45) is 3.36. The van der Waals surface area contributed by atoms with Crippen molar-refractivity contribution in [2.24, 2.45) is 7.05 Å². The van der Waals surface area contributed by atoms with E-state index in [0.717, 1.165) is 37.2 Å². The maximum absolute atomic E-state index is 8.64. The van der Waals surface area contributed by atoms with Crippen molar-refractivity contribution < 1.29 is 28.2 Å². The van der Waals surface area contributed by atoms with Crippen LogP contribution in [0.4, 0.5) is 11.5 Å². The molecule has 1 aliphatic heterocycles. The fraction of sp³-hybridized carbons (Fsp3) is 0.270. The number of hydrogen-bond acceptors (Lipinski definition) is 4. The molecule has 4 heterocycles. The van der Waals surface area contributed by atoms with E-state index in [4.69, 9.17) is 13.8 Å². The summed E-state index contributed by atoms with van der Waals surface area (Å²) in [5.74, 6) is 1.46. The van der Waals surface area contributed by atoms with Gasteiger partial charge in [-0.15, -0.1) is 0 Å². The van der Waals surface area contributed by atoms with Gasteiger partial charge >= 0.3 is 228 Å². The number of ether oxygens (including phenoxy) is 1. The predicted molar refractivity (Wildman–Crippen MR) is 182 cm³/mol. The summed E-state index contributed by atoms with van der Waals surface area (Å²) >= 11 is 2.35.